The van der Waals surface area contributed by atoms with Crippen LogP contribution in [0.25, 0.3) is 11.1 Å². The number of rotatable bonds is 3. The molecule has 0 radical (unpaired) electrons. The monoisotopic (exact) mass is 313 g/mol. The zero-order valence-corrected chi connectivity index (χ0v) is 12.9. The van der Waals surface area contributed by atoms with Crippen LogP contribution in [0.3, 0.4) is 0 Å². The summed E-state index contributed by atoms with van der Waals surface area (Å²) < 4.78 is 25.5. The van der Waals surface area contributed by atoms with Gasteiger partial charge in [0.1, 0.15) is 0 Å². The number of nitriles is 1. The first-order chi connectivity index (χ1) is 10.5. The minimum absolute atomic E-state index is 0.505. The Labute approximate surface area is 129 Å². The second-order valence-electron chi connectivity index (χ2n) is 5.36. The summed E-state index contributed by atoms with van der Waals surface area (Å²) in [6.45, 7) is 1.06. The normalized spacial score (nSPS) is 13.5. The third-order valence-corrected chi connectivity index (χ3v) is 4.19. The number of anilines is 1. The molecular formula is C16H15N3O2S. The predicted molar refractivity (Wildman–Crippen MR) is 85.2 cm³/mol. The zero-order valence-electron chi connectivity index (χ0n) is 12.1. The molecule has 0 aromatic heterocycles. The van der Waals surface area contributed by atoms with Gasteiger partial charge in [-0.15, -0.1) is 0 Å². The molecule has 1 aliphatic heterocycles. The Morgan fingerprint density at radius 1 is 1.18 bits per heavy atom. The molecule has 2 aromatic carbocycles. The van der Waals surface area contributed by atoms with Crippen molar-refractivity contribution < 1.29 is 8.42 Å². The highest BCUT2D eigenvalue weighted by molar-refractivity contribution is 7.92. The van der Waals surface area contributed by atoms with Crippen molar-refractivity contribution in [2.45, 2.75) is 13.1 Å². The summed E-state index contributed by atoms with van der Waals surface area (Å²) in [5.41, 5.74) is 4.55. The molecule has 2 aromatic rings. The van der Waals surface area contributed by atoms with E-state index in [0.29, 0.717) is 18.8 Å². The van der Waals surface area contributed by atoms with Gasteiger partial charge >= 0.3 is 0 Å². The number of hydrogen-bond acceptors (Lipinski definition) is 4. The van der Waals surface area contributed by atoms with Crippen LogP contribution in [0.4, 0.5) is 5.69 Å². The number of benzene rings is 2. The maximum Gasteiger partial charge on any atom is 0.229 e. The molecule has 5 nitrogen and oxygen atoms in total. The van der Waals surface area contributed by atoms with Gasteiger partial charge in [-0.05, 0) is 34.4 Å². The van der Waals surface area contributed by atoms with E-state index in [-0.39, 0.29) is 0 Å². The highest BCUT2D eigenvalue weighted by Gasteiger charge is 2.23. The highest BCUT2D eigenvalue weighted by atomic mass is 32.2. The van der Waals surface area contributed by atoms with Crippen molar-refractivity contribution in [1.29, 1.82) is 5.26 Å². The molecule has 0 amide bonds. The molecular weight excluding hydrogens is 298 g/mol. The summed E-state index contributed by atoms with van der Waals surface area (Å²) in [5, 5.41) is 9.12. The van der Waals surface area contributed by atoms with E-state index in [1.807, 2.05) is 36.4 Å². The van der Waals surface area contributed by atoms with Crippen LogP contribution in [0.5, 0.6) is 0 Å². The lowest BCUT2D eigenvalue weighted by molar-refractivity contribution is 0.417. The van der Waals surface area contributed by atoms with Crippen LogP contribution in [0, 0.1) is 11.5 Å². The molecule has 1 heterocycles. The van der Waals surface area contributed by atoms with E-state index < -0.39 is 10.0 Å². The van der Waals surface area contributed by atoms with E-state index in [1.165, 1.54) is 0 Å². The fourth-order valence-electron chi connectivity index (χ4n) is 2.73. The van der Waals surface area contributed by atoms with Crippen LogP contribution >= 0.6 is 0 Å². The van der Waals surface area contributed by atoms with Gasteiger partial charge < -0.3 is 4.90 Å². The van der Waals surface area contributed by atoms with E-state index in [4.69, 9.17) is 5.26 Å². The lowest BCUT2D eigenvalue weighted by atomic mass is 9.96. The number of fused-ring (bicyclic) bond motifs is 1. The molecule has 0 fully saturated rings. The lowest BCUT2D eigenvalue weighted by Crippen LogP contribution is -2.10. The van der Waals surface area contributed by atoms with Crippen molar-refractivity contribution in [2.24, 2.45) is 0 Å². The fourth-order valence-corrected chi connectivity index (χ4v) is 3.28. The summed E-state index contributed by atoms with van der Waals surface area (Å²) in [4.78, 5) is 1.65. The fraction of sp³-hybridized carbons (Fsp3) is 0.188. The van der Waals surface area contributed by atoms with Crippen molar-refractivity contribution in [3.05, 3.63) is 53.6 Å². The minimum atomic E-state index is -3.34. The Hall–Kier alpha value is -2.52. The van der Waals surface area contributed by atoms with Crippen molar-refractivity contribution in [1.82, 2.24) is 4.90 Å². The van der Waals surface area contributed by atoms with E-state index in [0.717, 1.165) is 28.5 Å². The molecule has 0 spiro atoms. The standard InChI is InChI=1S/C16H15N3O2S/c1-22(20,21)18-14-7-13-9-19(11-17)10-16(13)15(8-14)12-5-3-2-4-6-12/h2-8,18H,9-10H2,1H3. The second kappa shape index (κ2) is 5.35. The summed E-state index contributed by atoms with van der Waals surface area (Å²) in [5.74, 6) is 0. The van der Waals surface area contributed by atoms with Gasteiger partial charge in [-0.25, -0.2) is 8.42 Å². The molecule has 0 saturated heterocycles. The van der Waals surface area contributed by atoms with Gasteiger partial charge in [0.2, 0.25) is 10.0 Å². The quantitative estimate of drug-likeness (QED) is 0.884. The molecule has 22 heavy (non-hydrogen) atoms. The van der Waals surface area contributed by atoms with Gasteiger partial charge in [0, 0.05) is 5.69 Å². The topological polar surface area (TPSA) is 73.2 Å². The smallest absolute Gasteiger partial charge is 0.229 e. The number of sulfonamides is 1. The number of nitrogens with zero attached hydrogens (tertiary/aromatic N) is 2. The van der Waals surface area contributed by atoms with Gasteiger partial charge in [-0.1, -0.05) is 30.3 Å². The Morgan fingerprint density at radius 2 is 1.91 bits per heavy atom. The van der Waals surface area contributed by atoms with Crippen LogP contribution in [-0.4, -0.2) is 19.6 Å². The van der Waals surface area contributed by atoms with Gasteiger partial charge in [-0.3, -0.25) is 4.72 Å². The van der Waals surface area contributed by atoms with Crippen LogP contribution in [-0.2, 0) is 23.1 Å². The largest absolute Gasteiger partial charge is 0.302 e. The van der Waals surface area contributed by atoms with E-state index in [1.54, 1.807) is 11.0 Å². The Balaban J connectivity index is 2.14. The maximum atomic E-state index is 11.5. The van der Waals surface area contributed by atoms with Crippen LogP contribution < -0.4 is 4.72 Å². The van der Waals surface area contributed by atoms with Crippen LogP contribution in [0.15, 0.2) is 42.5 Å². The highest BCUT2D eigenvalue weighted by Crippen LogP contribution is 2.35. The first-order valence-electron chi connectivity index (χ1n) is 6.80. The Morgan fingerprint density at radius 3 is 2.55 bits per heavy atom. The summed E-state index contributed by atoms with van der Waals surface area (Å²) in [6, 6.07) is 13.4. The molecule has 3 rings (SSSR count). The Bertz CT molecular complexity index is 855. The van der Waals surface area contributed by atoms with Gasteiger partial charge in [0.05, 0.1) is 19.3 Å². The molecule has 0 atom stereocenters. The zero-order chi connectivity index (χ0) is 15.7. The summed E-state index contributed by atoms with van der Waals surface area (Å²) in [7, 11) is -3.34. The van der Waals surface area contributed by atoms with E-state index in [9.17, 15) is 8.42 Å². The SMILES string of the molecule is CS(=O)(=O)Nc1cc2c(c(-c3ccccc3)c1)CN(C#N)C2. The van der Waals surface area contributed by atoms with Crippen molar-refractivity contribution in [3.8, 4) is 17.3 Å². The first-order valence-corrected chi connectivity index (χ1v) is 8.69. The number of hydrogen-bond donors (Lipinski definition) is 1. The first kappa shape index (κ1) is 14.4. The van der Waals surface area contributed by atoms with Crippen LogP contribution in [0.2, 0.25) is 0 Å². The molecule has 0 bridgehead atoms. The summed E-state index contributed by atoms with van der Waals surface area (Å²) in [6.07, 6.45) is 3.28. The molecule has 1 N–H and O–H groups in total. The number of nitrogens with one attached hydrogen (secondary N) is 1. The van der Waals surface area contributed by atoms with Crippen molar-refractivity contribution in [2.75, 3.05) is 11.0 Å². The van der Waals surface area contributed by atoms with Crippen LogP contribution in [0.1, 0.15) is 11.1 Å². The second-order valence-corrected chi connectivity index (χ2v) is 7.11. The average Bonchev–Trinajstić information content (AvgIpc) is 2.88. The summed E-state index contributed by atoms with van der Waals surface area (Å²) >= 11 is 0. The van der Waals surface area contributed by atoms with Crippen molar-refractivity contribution in [3.63, 3.8) is 0 Å². The molecule has 6 heteroatoms. The third kappa shape index (κ3) is 2.90. The van der Waals surface area contributed by atoms with Crippen molar-refractivity contribution >= 4 is 15.7 Å². The van der Waals surface area contributed by atoms with E-state index >= 15 is 0 Å². The molecule has 0 aliphatic carbocycles. The predicted octanol–water partition coefficient (Wildman–Crippen LogP) is 2.52. The molecule has 0 unspecified atom stereocenters. The van der Waals surface area contributed by atoms with Gasteiger partial charge in [-0.2, -0.15) is 5.26 Å². The van der Waals surface area contributed by atoms with Gasteiger partial charge in [0.25, 0.3) is 0 Å². The maximum absolute atomic E-state index is 11.5. The Kier molecular flexibility index (Phi) is 3.51. The minimum Gasteiger partial charge on any atom is -0.302 e. The molecule has 112 valence electrons. The molecule has 0 saturated carbocycles. The lowest BCUT2D eigenvalue weighted by Gasteiger charge is -2.12. The third-order valence-electron chi connectivity index (χ3n) is 3.58. The van der Waals surface area contributed by atoms with Gasteiger partial charge in [0.15, 0.2) is 6.19 Å². The molecule has 1 aliphatic rings. The van der Waals surface area contributed by atoms with E-state index in [2.05, 4.69) is 10.9 Å². The average molecular weight is 313 g/mol.